The Morgan fingerprint density at radius 1 is 0.646 bits per heavy atom. The fourth-order valence-corrected chi connectivity index (χ4v) is 5.71. The molecule has 0 atom stereocenters. The first kappa shape index (κ1) is 38.6. The lowest BCUT2D eigenvalue weighted by Gasteiger charge is -2.27. The zero-order valence-corrected chi connectivity index (χ0v) is 29.0. The zero-order valence-electron chi connectivity index (χ0n) is 29.0. The molecule has 2 aromatic carbocycles. The molecule has 264 valence electrons. The van der Waals surface area contributed by atoms with Gasteiger partial charge in [0, 0.05) is 6.08 Å². The van der Waals surface area contributed by atoms with Gasteiger partial charge in [0.15, 0.2) is 0 Å². The van der Waals surface area contributed by atoms with Gasteiger partial charge in [0.25, 0.3) is 0 Å². The molecule has 0 aliphatic heterocycles. The van der Waals surface area contributed by atoms with Crippen molar-refractivity contribution in [3.63, 3.8) is 0 Å². The van der Waals surface area contributed by atoms with Crippen molar-refractivity contribution in [1.82, 2.24) is 0 Å². The van der Waals surface area contributed by atoms with Crippen LogP contribution >= 0.6 is 0 Å². The van der Waals surface area contributed by atoms with E-state index in [1.165, 1.54) is 51.0 Å². The second-order valence-electron chi connectivity index (χ2n) is 12.6. The molecule has 0 N–H and O–H groups in total. The molecule has 8 nitrogen and oxygen atoms in total. The summed E-state index contributed by atoms with van der Waals surface area (Å²) in [5.74, 6) is 0.887. The summed E-state index contributed by atoms with van der Waals surface area (Å²) in [7, 11) is 0. The fourth-order valence-electron chi connectivity index (χ4n) is 5.71. The summed E-state index contributed by atoms with van der Waals surface area (Å²) in [5, 5.41) is 0. The van der Waals surface area contributed by atoms with E-state index in [-0.39, 0.29) is 29.9 Å². The summed E-state index contributed by atoms with van der Waals surface area (Å²) in [4.78, 5) is 36.4. The Hall–Kier alpha value is -3.81. The molecular formula is C40H56O8. The minimum atomic E-state index is -0.345. The normalized spacial score (nSPS) is 15.7. The Labute approximate surface area is 287 Å². The van der Waals surface area contributed by atoms with E-state index in [2.05, 4.69) is 13.5 Å². The number of hydrogen-bond donors (Lipinski definition) is 0. The molecule has 0 unspecified atom stereocenters. The molecule has 1 aliphatic rings. The molecule has 8 heteroatoms. The van der Waals surface area contributed by atoms with Crippen molar-refractivity contribution >= 4 is 17.9 Å². The Bertz CT molecular complexity index is 1200. The minimum Gasteiger partial charge on any atom is -0.494 e. The van der Waals surface area contributed by atoms with Crippen LogP contribution in [0.25, 0.3) is 0 Å². The molecule has 1 saturated carbocycles. The highest BCUT2D eigenvalue weighted by molar-refractivity contribution is 5.89. The van der Waals surface area contributed by atoms with E-state index in [4.69, 9.17) is 23.7 Å². The smallest absolute Gasteiger partial charge is 0.338 e. The number of carbonyl (C=O) groups is 3. The highest BCUT2D eigenvalue weighted by Crippen LogP contribution is 2.29. The molecule has 0 spiro atoms. The standard InChI is InChI=1S/C40H56O8/c1-3-5-6-14-29-44-34-21-17-32(18-22-34)39(42)47-36-23-19-33(20-24-36)40(43)48-37-27-25-35(26-28-37)45-30-15-12-10-8-7-9-11-13-16-31-46-38(41)4-2/h4,17-18,21-22,25-28,33,36H,2-3,5-16,19-20,23-24,29-31H2,1H3. The van der Waals surface area contributed by atoms with Gasteiger partial charge in [-0.1, -0.05) is 77.7 Å². The quantitative estimate of drug-likeness (QED) is 0.0474. The third-order valence-corrected chi connectivity index (χ3v) is 8.65. The Kier molecular flexibility index (Phi) is 18.9. The lowest BCUT2D eigenvalue weighted by molar-refractivity contribution is -0.140. The van der Waals surface area contributed by atoms with Crippen LogP contribution in [0, 0.1) is 5.92 Å². The van der Waals surface area contributed by atoms with Gasteiger partial charge < -0.3 is 23.7 Å². The van der Waals surface area contributed by atoms with Crippen LogP contribution < -0.4 is 14.2 Å². The summed E-state index contributed by atoms with van der Waals surface area (Å²) >= 11 is 0. The number of rotatable bonds is 24. The first-order valence-corrected chi connectivity index (χ1v) is 18.2. The van der Waals surface area contributed by atoms with E-state index < -0.39 is 0 Å². The molecule has 0 heterocycles. The lowest BCUT2D eigenvalue weighted by Crippen LogP contribution is -2.30. The van der Waals surface area contributed by atoms with Gasteiger partial charge in [0.1, 0.15) is 23.4 Å². The van der Waals surface area contributed by atoms with E-state index in [0.29, 0.717) is 56.8 Å². The first-order chi connectivity index (χ1) is 23.5. The molecule has 48 heavy (non-hydrogen) atoms. The van der Waals surface area contributed by atoms with E-state index >= 15 is 0 Å². The van der Waals surface area contributed by atoms with Gasteiger partial charge in [-0.3, -0.25) is 4.79 Å². The molecule has 0 radical (unpaired) electrons. The van der Waals surface area contributed by atoms with E-state index in [1.807, 2.05) is 24.3 Å². The van der Waals surface area contributed by atoms with Crippen LogP contribution in [0.15, 0.2) is 61.2 Å². The Morgan fingerprint density at radius 3 is 1.67 bits per heavy atom. The van der Waals surface area contributed by atoms with Crippen molar-refractivity contribution in [3.8, 4) is 17.2 Å². The molecule has 2 aromatic rings. The predicted molar refractivity (Wildman–Crippen MR) is 188 cm³/mol. The van der Waals surface area contributed by atoms with E-state index in [0.717, 1.165) is 50.0 Å². The van der Waals surface area contributed by atoms with Gasteiger partial charge >= 0.3 is 17.9 Å². The first-order valence-electron chi connectivity index (χ1n) is 18.2. The molecule has 0 amide bonds. The summed E-state index contributed by atoms with van der Waals surface area (Å²) in [6.07, 6.45) is 18.3. The topological polar surface area (TPSA) is 97.4 Å². The molecule has 3 rings (SSSR count). The molecule has 0 aromatic heterocycles. The van der Waals surface area contributed by atoms with Gasteiger partial charge in [0.05, 0.1) is 31.3 Å². The second-order valence-corrected chi connectivity index (χ2v) is 12.6. The number of unbranched alkanes of at least 4 members (excludes halogenated alkanes) is 11. The van der Waals surface area contributed by atoms with Gasteiger partial charge in [-0.25, -0.2) is 9.59 Å². The molecule has 1 aliphatic carbocycles. The van der Waals surface area contributed by atoms with Crippen molar-refractivity contribution in [1.29, 1.82) is 0 Å². The minimum absolute atomic E-state index is 0.203. The second kappa shape index (κ2) is 23.5. The fraction of sp³-hybridized carbons (Fsp3) is 0.575. The number of carbonyl (C=O) groups excluding carboxylic acids is 3. The van der Waals surface area contributed by atoms with Crippen molar-refractivity contribution in [3.05, 3.63) is 66.7 Å². The van der Waals surface area contributed by atoms with Crippen LogP contribution in [0.4, 0.5) is 0 Å². The van der Waals surface area contributed by atoms with Gasteiger partial charge in [-0.15, -0.1) is 0 Å². The van der Waals surface area contributed by atoms with Gasteiger partial charge in [0.2, 0.25) is 0 Å². The number of ether oxygens (including phenoxy) is 5. The van der Waals surface area contributed by atoms with Crippen molar-refractivity contribution in [2.45, 2.75) is 122 Å². The maximum Gasteiger partial charge on any atom is 0.338 e. The van der Waals surface area contributed by atoms with E-state index in [9.17, 15) is 14.4 Å². The summed E-state index contributed by atoms with van der Waals surface area (Å²) in [6.45, 7) is 7.40. The zero-order chi connectivity index (χ0) is 34.2. The Morgan fingerprint density at radius 2 is 1.12 bits per heavy atom. The van der Waals surface area contributed by atoms with Crippen LogP contribution in [0.2, 0.25) is 0 Å². The average Bonchev–Trinajstić information content (AvgIpc) is 3.11. The SMILES string of the molecule is C=CC(=O)OCCCCCCCCCCCOc1ccc(OC(=O)C2CCC(OC(=O)c3ccc(OCCCCCC)cc3)CC2)cc1. The van der Waals surface area contributed by atoms with Gasteiger partial charge in [-0.05, 0) is 93.5 Å². The van der Waals surface area contributed by atoms with Crippen molar-refractivity contribution < 1.29 is 38.1 Å². The molecular weight excluding hydrogens is 608 g/mol. The highest BCUT2D eigenvalue weighted by atomic mass is 16.5. The number of benzene rings is 2. The van der Waals surface area contributed by atoms with E-state index in [1.54, 1.807) is 24.3 Å². The largest absolute Gasteiger partial charge is 0.494 e. The summed E-state index contributed by atoms with van der Waals surface area (Å²) in [5.41, 5.74) is 0.504. The third-order valence-electron chi connectivity index (χ3n) is 8.65. The maximum absolute atomic E-state index is 12.8. The van der Waals surface area contributed by atoms with Crippen LogP contribution in [0.1, 0.15) is 126 Å². The van der Waals surface area contributed by atoms with Crippen LogP contribution in [0.5, 0.6) is 17.2 Å². The number of esters is 3. The predicted octanol–water partition coefficient (Wildman–Crippen LogP) is 9.59. The summed E-state index contributed by atoms with van der Waals surface area (Å²) < 4.78 is 28.0. The molecule has 1 fully saturated rings. The monoisotopic (exact) mass is 664 g/mol. The third kappa shape index (κ3) is 15.9. The molecule has 0 saturated heterocycles. The molecule has 0 bridgehead atoms. The van der Waals surface area contributed by atoms with Crippen LogP contribution in [0.3, 0.4) is 0 Å². The summed E-state index contributed by atoms with van der Waals surface area (Å²) in [6, 6.07) is 14.3. The van der Waals surface area contributed by atoms with Crippen LogP contribution in [-0.4, -0.2) is 43.8 Å². The Balaban J connectivity index is 1.21. The van der Waals surface area contributed by atoms with Crippen LogP contribution in [-0.2, 0) is 19.1 Å². The maximum atomic E-state index is 12.8. The van der Waals surface area contributed by atoms with Crippen molar-refractivity contribution in [2.75, 3.05) is 19.8 Å². The highest BCUT2D eigenvalue weighted by Gasteiger charge is 2.30. The average molecular weight is 665 g/mol. The lowest BCUT2D eigenvalue weighted by atomic mass is 9.87. The number of hydrogen-bond acceptors (Lipinski definition) is 8. The van der Waals surface area contributed by atoms with Gasteiger partial charge in [-0.2, -0.15) is 0 Å². The van der Waals surface area contributed by atoms with Crippen molar-refractivity contribution in [2.24, 2.45) is 5.92 Å².